The molecule has 3 heteroatoms. The third-order valence-electron chi connectivity index (χ3n) is 10.4. The van der Waals surface area contributed by atoms with Crippen molar-refractivity contribution in [1.29, 1.82) is 0 Å². The molecular formula is C46H35N3. The van der Waals surface area contributed by atoms with Gasteiger partial charge in [-0.15, -0.1) is 0 Å². The highest BCUT2D eigenvalue weighted by molar-refractivity contribution is 6.17. The lowest BCUT2D eigenvalue weighted by atomic mass is 10.1. The summed E-state index contributed by atoms with van der Waals surface area (Å²) in [6.45, 7) is 2.25. The number of hydrogen-bond acceptors (Lipinski definition) is 0. The second kappa shape index (κ2) is 11.0. The highest BCUT2D eigenvalue weighted by Gasteiger charge is 2.20. The average Bonchev–Trinajstić information content (AvgIpc) is 3.80. The van der Waals surface area contributed by atoms with Gasteiger partial charge in [-0.05, 0) is 85.1 Å². The third-order valence-corrected chi connectivity index (χ3v) is 10.4. The zero-order valence-corrected chi connectivity index (χ0v) is 27.5. The summed E-state index contributed by atoms with van der Waals surface area (Å²) in [6.07, 6.45) is 3.56. The predicted octanol–water partition coefficient (Wildman–Crippen LogP) is 12.3. The summed E-state index contributed by atoms with van der Waals surface area (Å²) in [6, 6.07) is 58.2. The minimum absolute atomic E-state index is 1.13. The highest BCUT2D eigenvalue weighted by atomic mass is 15.0. The summed E-state index contributed by atoms with van der Waals surface area (Å²) in [7, 11) is 0. The van der Waals surface area contributed by atoms with Crippen molar-refractivity contribution in [2.24, 2.45) is 0 Å². The van der Waals surface area contributed by atoms with Crippen molar-refractivity contribution in [2.45, 2.75) is 26.2 Å². The Labute approximate surface area is 284 Å². The van der Waals surface area contributed by atoms with Crippen molar-refractivity contribution in [3.05, 3.63) is 163 Å². The molecule has 0 atom stereocenters. The first-order valence-corrected chi connectivity index (χ1v) is 17.4. The molecule has 49 heavy (non-hydrogen) atoms. The van der Waals surface area contributed by atoms with Gasteiger partial charge in [-0.3, -0.25) is 0 Å². The lowest BCUT2D eigenvalue weighted by Gasteiger charge is -2.12. The maximum Gasteiger partial charge on any atom is 0.0562 e. The number of unbranched alkanes of at least 4 members (excludes halogenated alkanes) is 1. The van der Waals surface area contributed by atoms with E-state index in [1.165, 1.54) is 95.2 Å². The first-order valence-electron chi connectivity index (χ1n) is 17.4. The van der Waals surface area contributed by atoms with Crippen LogP contribution in [0.3, 0.4) is 0 Å². The fourth-order valence-corrected chi connectivity index (χ4v) is 8.22. The Morgan fingerprint density at radius 2 is 0.878 bits per heavy atom. The van der Waals surface area contributed by atoms with Gasteiger partial charge in [0.1, 0.15) is 0 Å². The van der Waals surface area contributed by atoms with Gasteiger partial charge < -0.3 is 13.7 Å². The summed E-state index contributed by atoms with van der Waals surface area (Å²) in [4.78, 5) is 0. The molecule has 3 heterocycles. The quantitative estimate of drug-likeness (QED) is 0.174. The first-order chi connectivity index (χ1) is 24.3. The minimum atomic E-state index is 1.13. The van der Waals surface area contributed by atoms with E-state index in [4.69, 9.17) is 0 Å². The predicted molar refractivity (Wildman–Crippen MR) is 208 cm³/mol. The number of rotatable bonds is 6. The molecule has 0 amide bonds. The SMILES string of the molecule is CCCCc1ccc(-n2c3ccccc3c3cc(-n4c5ccccc5c5c(-n6c7ccccc7c7ccccc76)cccc54)ccc32)cc1. The third kappa shape index (κ3) is 4.15. The van der Waals surface area contributed by atoms with E-state index in [-0.39, 0.29) is 0 Å². The Hall–Kier alpha value is -6.06. The monoisotopic (exact) mass is 629 g/mol. The molecule has 3 nitrogen and oxygen atoms in total. The minimum Gasteiger partial charge on any atom is -0.309 e. The molecule has 0 saturated carbocycles. The highest BCUT2D eigenvalue weighted by Crippen LogP contribution is 2.41. The zero-order chi connectivity index (χ0) is 32.5. The molecule has 3 aromatic heterocycles. The Kier molecular flexibility index (Phi) is 6.29. The van der Waals surface area contributed by atoms with Crippen LogP contribution >= 0.6 is 0 Å². The molecule has 0 N–H and O–H groups in total. The fraction of sp³-hybridized carbons (Fsp3) is 0.0870. The van der Waals surface area contributed by atoms with Crippen LogP contribution < -0.4 is 0 Å². The van der Waals surface area contributed by atoms with E-state index < -0.39 is 0 Å². The normalized spacial score (nSPS) is 12.0. The molecule has 0 aliphatic carbocycles. The van der Waals surface area contributed by atoms with Gasteiger partial charge >= 0.3 is 0 Å². The first kappa shape index (κ1) is 28.0. The van der Waals surface area contributed by atoms with Gasteiger partial charge in [0.05, 0.1) is 38.8 Å². The number of hydrogen-bond donors (Lipinski definition) is 0. The second-order valence-corrected chi connectivity index (χ2v) is 13.2. The van der Waals surface area contributed by atoms with Crippen LogP contribution in [0, 0.1) is 0 Å². The molecule has 0 fully saturated rings. The molecule has 0 aliphatic rings. The van der Waals surface area contributed by atoms with Crippen LogP contribution in [-0.4, -0.2) is 13.7 Å². The van der Waals surface area contributed by atoms with E-state index in [0.29, 0.717) is 0 Å². The van der Waals surface area contributed by atoms with Crippen molar-refractivity contribution in [2.75, 3.05) is 0 Å². The van der Waals surface area contributed by atoms with Crippen molar-refractivity contribution in [3.8, 4) is 17.1 Å². The lowest BCUT2D eigenvalue weighted by Crippen LogP contribution is -1.97. The van der Waals surface area contributed by atoms with Gasteiger partial charge in [0.25, 0.3) is 0 Å². The summed E-state index contributed by atoms with van der Waals surface area (Å²) in [5, 5.41) is 7.58. The Bertz CT molecular complexity index is 2810. The summed E-state index contributed by atoms with van der Waals surface area (Å²) < 4.78 is 7.33. The topological polar surface area (TPSA) is 14.8 Å². The number of fused-ring (bicyclic) bond motifs is 9. The summed E-state index contributed by atoms with van der Waals surface area (Å²) in [5.41, 5.74) is 12.3. The Morgan fingerprint density at radius 1 is 0.388 bits per heavy atom. The molecule has 234 valence electrons. The zero-order valence-electron chi connectivity index (χ0n) is 27.5. The van der Waals surface area contributed by atoms with Crippen LogP contribution in [0.4, 0.5) is 0 Å². The molecule has 7 aromatic carbocycles. The lowest BCUT2D eigenvalue weighted by molar-refractivity contribution is 0.795. The number of nitrogens with zero attached hydrogens (tertiary/aromatic N) is 3. The number of para-hydroxylation sites is 4. The van der Waals surface area contributed by atoms with Crippen LogP contribution in [0.2, 0.25) is 0 Å². The van der Waals surface area contributed by atoms with E-state index in [1.807, 2.05) is 0 Å². The van der Waals surface area contributed by atoms with E-state index in [9.17, 15) is 0 Å². The van der Waals surface area contributed by atoms with Crippen molar-refractivity contribution >= 4 is 65.4 Å². The van der Waals surface area contributed by atoms with E-state index in [2.05, 4.69) is 178 Å². The smallest absolute Gasteiger partial charge is 0.0562 e. The maximum atomic E-state index is 2.45. The van der Waals surface area contributed by atoms with Crippen LogP contribution in [0.5, 0.6) is 0 Å². The molecule has 0 unspecified atom stereocenters. The molecule has 0 saturated heterocycles. The van der Waals surface area contributed by atoms with Crippen LogP contribution in [0.25, 0.3) is 82.5 Å². The molecule has 10 aromatic rings. The van der Waals surface area contributed by atoms with Gasteiger partial charge in [-0.2, -0.15) is 0 Å². The van der Waals surface area contributed by atoms with E-state index >= 15 is 0 Å². The molecule has 0 spiro atoms. The number of aromatic nitrogens is 3. The number of aryl methyl sites for hydroxylation is 1. The van der Waals surface area contributed by atoms with Gasteiger partial charge in [-0.1, -0.05) is 104 Å². The Balaban J connectivity index is 1.22. The Morgan fingerprint density at radius 3 is 1.53 bits per heavy atom. The largest absolute Gasteiger partial charge is 0.309 e. The maximum absolute atomic E-state index is 2.45. The molecule has 0 radical (unpaired) electrons. The number of benzene rings is 7. The second-order valence-electron chi connectivity index (χ2n) is 13.2. The standard InChI is InChI=1S/C46H35N3/c1-2-3-13-31-24-26-32(27-25-31)47-39-18-8-6-16-36(39)38-30-33(28-29-43(38)47)48-42-21-11-7-17-37(42)46-44(48)22-12-23-45(46)49-40-19-9-4-14-34(40)35-15-5-10-20-41(35)49/h4-12,14-30H,2-3,13H2,1H3. The van der Waals surface area contributed by atoms with E-state index in [1.54, 1.807) is 0 Å². The van der Waals surface area contributed by atoms with Gasteiger partial charge in [-0.25, -0.2) is 0 Å². The van der Waals surface area contributed by atoms with Gasteiger partial charge in [0.2, 0.25) is 0 Å². The summed E-state index contributed by atoms with van der Waals surface area (Å²) in [5.74, 6) is 0. The summed E-state index contributed by atoms with van der Waals surface area (Å²) >= 11 is 0. The molecular weight excluding hydrogens is 595 g/mol. The van der Waals surface area contributed by atoms with Crippen LogP contribution in [0.1, 0.15) is 25.3 Å². The average molecular weight is 630 g/mol. The van der Waals surface area contributed by atoms with Crippen LogP contribution in [-0.2, 0) is 6.42 Å². The van der Waals surface area contributed by atoms with Crippen LogP contribution in [0.15, 0.2) is 158 Å². The van der Waals surface area contributed by atoms with Gasteiger partial charge in [0, 0.05) is 43.7 Å². The van der Waals surface area contributed by atoms with Crippen molar-refractivity contribution in [1.82, 2.24) is 13.7 Å². The molecule has 0 aliphatic heterocycles. The van der Waals surface area contributed by atoms with Gasteiger partial charge in [0.15, 0.2) is 0 Å². The van der Waals surface area contributed by atoms with E-state index in [0.717, 1.165) is 12.1 Å². The fourth-order valence-electron chi connectivity index (χ4n) is 8.22. The molecule has 0 bridgehead atoms. The molecule has 10 rings (SSSR count). The van der Waals surface area contributed by atoms with Crippen molar-refractivity contribution < 1.29 is 0 Å². The van der Waals surface area contributed by atoms with Crippen molar-refractivity contribution in [3.63, 3.8) is 0 Å².